The Morgan fingerprint density at radius 3 is 1.81 bits per heavy atom. The van der Waals surface area contributed by atoms with E-state index in [1.54, 1.807) is 0 Å². The third-order valence-electron chi connectivity index (χ3n) is 3.52. The summed E-state index contributed by atoms with van der Waals surface area (Å²) in [6, 6.07) is 10.1. The summed E-state index contributed by atoms with van der Waals surface area (Å²) in [5.74, 6) is 0.785. The summed E-state index contributed by atoms with van der Waals surface area (Å²) in [5, 5.41) is 0. The minimum absolute atomic E-state index is 0.0316. The lowest BCUT2D eigenvalue weighted by Gasteiger charge is -2.12. The molecule has 0 fully saturated rings. The highest BCUT2D eigenvalue weighted by atomic mass is 16.5. The quantitative estimate of drug-likeness (QED) is 0.772. The van der Waals surface area contributed by atoms with E-state index < -0.39 is 0 Å². The standard InChI is InChI=1S/C19H22O2/c1-12-6-13(2)10-17(9-12)21-11-18(20)19-15(4)7-14(3)8-16(19)5/h6-10H,11H2,1-5H3. The van der Waals surface area contributed by atoms with Crippen molar-refractivity contribution in [1.82, 2.24) is 0 Å². The molecule has 0 amide bonds. The molecule has 2 rings (SSSR count). The second-order valence-corrected chi connectivity index (χ2v) is 5.81. The van der Waals surface area contributed by atoms with E-state index >= 15 is 0 Å². The fourth-order valence-electron chi connectivity index (χ4n) is 2.86. The Morgan fingerprint density at radius 1 is 0.810 bits per heavy atom. The Hall–Kier alpha value is -2.09. The number of carbonyl (C=O) groups excluding carboxylic acids is 1. The van der Waals surface area contributed by atoms with Gasteiger partial charge in [0.05, 0.1) is 0 Å². The van der Waals surface area contributed by atoms with Gasteiger partial charge in [0.15, 0.2) is 6.61 Å². The third-order valence-corrected chi connectivity index (χ3v) is 3.52. The number of carbonyl (C=O) groups is 1. The minimum atomic E-state index is 0.0316. The topological polar surface area (TPSA) is 26.3 Å². The van der Waals surface area contributed by atoms with Crippen molar-refractivity contribution in [1.29, 1.82) is 0 Å². The van der Waals surface area contributed by atoms with Crippen molar-refractivity contribution in [3.63, 3.8) is 0 Å². The average Bonchev–Trinajstić information content (AvgIpc) is 2.34. The van der Waals surface area contributed by atoms with Crippen LogP contribution in [0.4, 0.5) is 0 Å². The fraction of sp³-hybridized carbons (Fsp3) is 0.316. The summed E-state index contributed by atoms with van der Waals surface area (Å²) in [5.41, 5.74) is 6.27. The van der Waals surface area contributed by atoms with Crippen molar-refractivity contribution in [3.8, 4) is 5.75 Å². The fourth-order valence-corrected chi connectivity index (χ4v) is 2.86. The lowest BCUT2D eigenvalue weighted by molar-refractivity contribution is 0.0920. The molecule has 0 radical (unpaired) electrons. The molecule has 0 aromatic heterocycles. The number of ketones is 1. The summed E-state index contributed by atoms with van der Waals surface area (Å²) < 4.78 is 5.67. The van der Waals surface area contributed by atoms with Crippen molar-refractivity contribution in [2.24, 2.45) is 0 Å². The molecule has 0 unspecified atom stereocenters. The summed E-state index contributed by atoms with van der Waals surface area (Å²) >= 11 is 0. The number of ether oxygens (including phenoxy) is 1. The van der Waals surface area contributed by atoms with Gasteiger partial charge in [-0.2, -0.15) is 0 Å². The van der Waals surface area contributed by atoms with Gasteiger partial charge in [-0.15, -0.1) is 0 Å². The first-order valence-corrected chi connectivity index (χ1v) is 7.19. The third kappa shape index (κ3) is 3.72. The molecule has 2 aromatic rings. The SMILES string of the molecule is Cc1cc(C)cc(OCC(=O)c2c(C)cc(C)cc2C)c1. The van der Waals surface area contributed by atoms with Gasteiger partial charge in [-0.25, -0.2) is 0 Å². The van der Waals surface area contributed by atoms with Gasteiger partial charge in [0.2, 0.25) is 5.78 Å². The number of benzene rings is 2. The van der Waals surface area contributed by atoms with Crippen molar-refractivity contribution in [2.75, 3.05) is 6.61 Å². The van der Waals surface area contributed by atoms with Gasteiger partial charge in [-0.05, 0) is 69.0 Å². The Labute approximate surface area is 126 Å². The van der Waals surface area contributed by atoms with E-state index in [0.717, 1.165) is 33.6 Å². The van der Waals surface area contributed by atoms with Crippen LogP contribution < -0.4 is 4.74 Å². The molecule has 0 saturated heterocycles. The van der Waals surface area contributed by atoms with Crippen LogP contribution in [0.15, 0.2) is 30.3 Å². The Morgan fingerprint density at radius 2 is 1.29 bits per heavy atom. The highest BCUT2D eigenvalue weighted by Gasteiger charge is 2.13. The Bertz CT molecular complexity index is 641. The van der Waals surface area contributed by atoms with Gasteiger partial charge < -0.3 is 4.74 Å². The van der Waals surface area contributed by atoms with Gasteiger partial charge >= 0.3 is 0 Å². The molecular weight excluding hydrogens is 260 g/mol. The molecule has 0 aliphatic carbocycles. The van der Waals surface area contributed by atoms with Crippen LogP contribution in [0, 0.1) is 34.6 Å². The van der Waals surface area contributed by atoms with E-state index in [-0.39, 0.29) is 12.4 Å². The first-order valence-electron chi connectivity index (χ1n) is 7.19. The van der Waals surface area contributed by atoms with Crippen LogP contribution in [0.2, 0.25) is 0 Å². The first-order chi connectivity index (χ1) is 9.86. The summed E-state index contributed by atoms with van der Waals surface area (Å²) in [4.78, 5) is 12.4. The first kappa shape index (κ1) is 15.3. The molecule has 2 aromatic carbocycles. The van der Waals surface area contributed by atoms with Gasteiger partial charge in [-0.1, -0.05) is 23.8 Å². The van der Waals surface area contributed by atoms with Crippen LogP contribution in [0.25, 0.3) is 0 Å². The van der Waals surface area contributed by atoms with Crippen molar-refractivity contribution >= 4 is 5.78 Å². The highest BCUT2D eigenvalue weighted by molar-refractivity contribution is 6.00. The van der Waals surface area contributed by atoms with Gasteiger partial charge in [0, 0.05) is 5.56 Å². The van der Waals surface area contributed by atoms with Crippen molar-refractivity contribution in [2.45, 2.75) is 34.6 Å². The summed E-state index contributed by atoms with van der Waals surface area (Å²) in [7, 11) is 0. The highest BCUT2D eigenvalue weighted by Crippen LogP contribution is 2.19. The van der Waals surface area contributed by atoms with Crippen LogP contribution in [-0.2, 0) is 0 Å². The molecule has 0 saturated carbocycles. The largest absolute Gasteiger partial charge is 0.485 e. The van der Waals surface area contributed by atoms with Gasteiger partial charge in [-0.3, -0.25) is 4.79 Å². The molecule has 0 bridgehead atoms. The second-order valence-electron chi connectivity index (χ2n) is 5.81. The zero-order valence-corrected chi connectivity index (χ0v) is 13.4. The molecule has 21 heavy (non-hydrogen) atoms. The number of hydrogen-bond acceptors (Lipinski definition) is 2. The molecule has 2 nitrogen and oxygen atoms in total. The van der Waals surface area contributed by atoms with Crippen LogP contribution >= 0.6 is 0 Å². The lowest BCUT2D eigenvalue weighted by atomic mass is 9.97. The van der Waals surface area contributed by atoms with E-state index in [4.69, 9.17) is 4.74 Å². The van der Waals surface area contributed by atoms with E-state index in [1.807, 2.05) is 58.9 Å². The van der Waals surface area contributed by atoms with Crippen LogP contribution in [0.1, 0.15) is 38.2 Å². The number of Topliss-reactive ketones (excluding diaryl/α,β-unsaturated/α-hetero) is 1. The molecule has 110 valence electrons. The Kier molecular flexibility index (Phi) is 4.46. The zero-order valence-electron chi connectivity index (χ0n) is 13.4. The van der Waals surface area contributed by atoms with Crippen LogP contribution in [-0.4, -0.2) is 12.4 Å². The maximum atomic E-state index is 12.4. The molecule has 0 spiro atoms. The van der Waals surface area contributed by atoms with Crippen molar-refractivity contribution in [3.05, 3.63) is 63.7 Å². The van der Waals surface area contributed by atoms with E-state index in [2.05, 4.69) is 6.07 Å². The molecule has 0 atom stereocenters. The van der Waals surface area contributed by atoms with E-state index in [1.165, 1.54) is 5.56 Å². The second kappa shape index (κ2) is 6.13. The number of hydrogen-bond donors (Lipinski definition) is 0. The van der Waals surface area contributed by atoms with Gasteiger partial charge in [0.1, 0.15) is 5.75 Å². The lowest BCUT2D eigenvalue weighted by Crippen LogP contribution is -2.14. The molecule has 2 heteroatoms. The van der Waals surface area contributed by atoms with Crippen molar-refractivity contribution < 1.29 is 9.53 Å². The predicted molar refractivity (Wildman–Crippen MR) is 86.4 cm³/mol. The molecule has 0 heterocycles. The smallest absolute Gasteiger partial charge is 0.200 e. The maximum Gasteiger partial charge on any atom is 0.200 e. The molecule has 0 N–H and O–H groups in total. The predicted octanol–water partition coefficient (Wildman–Crippen LogP) is 4.49. The number of aryl methyl sites for hydroxylation is 5. The van der Waals surface area contributed by atoms with E-state index in [0.29, 0.717) is 0 Å². The summed E-state index contributed by atoms with van der Waals surface area (Å²) in [6.07, 6.45) is 0. The molecule has 0 aliphatic rings. The molecule has 0 aliphatic heterocycles. The normalized spacial score (nSPS) is 10.5. The monoisotopic (exact) mass is 282 g/mol. The average molecular weight is 282 g/mol. The number of rotatable bonds is 4. The zero-order chi connectivity index (χ0) is 15.6. The Balaban J connectivity index is 2.15. The van der Waals surface area contributed by atoms with Crippen LogP contribution in [0.3, 0.4) is 0 Å². The van der Waals surface area contributed by atoms with Gasteiger partial charge in [0.25, 0.3) is 0 Å². The molecular formula is C19H22O2. The minimum Gasteiger partial charge on any atom is -0.485 e. The summed E-state index contributed by atoms with van der Waals surface area (Å²) in [6.45, 7) is 10.1. The maximum absolute atomic E-state index is 12.4. The van der Waals surface area contributed by atoms with Crippen LogP contribution in [0.5, 0.6) is 5.75 Å². The van der Waals surface area contributed by atoms with E-state index in [9.17, 15) is 4.79 Å².